The number of ether oxygens (including phenoxy) is 1. The molecule has 10 heteroatoms. The summed E-state index contributed by atoms with van der Waals surface area (Å²) in [5.74, 6) is -2.07. The van der Waals surface area contributed by atoms with Crippen molar-refractivity contribution in [3.8, 4) is 0 Å². The Morgan fingerprint density at radius 1 is 1.23 bits per heavy atom. The summed E-state index contributed by atoms with van der Waals surface area (Å²) in [7, 11) is 1.44. The molecule has 0 saturated heterocycles. The maximum Gasteiger partial charge on any atom is 0.416 e. The molecule has 2 aromatic rings. The Balaban J connectivity index is 1.94. The standard InChI is InChI=1S/C16H14ClF3N2O3S/c1-25-11(12-5-6-13(17)26-12)8-21-14(23)15(24)22-10-4-2-3-9(7-10)16(18,19)20/h2-7,11H,8H2,1H3,(H,21,23)(H,22,24). The maximum absolute atomic E-state index is 12.7. The monoisotopic (exact) mass is 406 g/mol. The lowest BCUT2D eigenvalue weighted by atomic mass is 10.2. The highest BCUT2D eigenvalue weighted by Gasteiger charge is 2.30. The van der Waals surface area contributed by atoms with Crippen molar-refractivity contribution in [3.05, 3.63) is 51.2 Å². The van der Waals surface area contributed by atoms with Crippen LogP contribution in [-0.4, -0.2) is 25.5 Å². The minimum Gasteiger partial charge on any atom is -0.374 e. The number of rotatable bonds is 5. The van der Waals surface area contributed by atoms with E-state index in [1.54, 1.807) is 12.1 Å². The van der Waals surface area contributed by atoms with Gasteiger partial charge in [0.25, 0.3) is 0 Å². The van der Waals surface area contributed by atoms with Crippen LogP contribution >= 0.6 is 22.9 Å². The van der Waals surface area contributed by atoms with Gasteiger partial charge in [-0.05, 0) is 30.3 Å². The third kappa shape index (κ3) is 5.45. The number of alkyl halides is 3. The fraction of sp³-hybridized carbons (Fsp3) is 0.250. The maximum atomic E-state index is 12.7. The van der Waals surface area contributed by atoms with E-state index in [0.29, 0.717) is 4.34 Å². The van der Waals surface area contributed by atoms with Gasteiger partial charge in [0.05, 0.1) is 9.90 Å². The normalized spacial score (nSPS) is 12.5. The van der Waals surface area contributed by atoms with Gasteiger partial charge in [0, 0.05) is 24.2 Å². The first kappa shape index (κ1) is 20.2. The van der Waals surface area contributed by atoms with Gasteiger partial charge in [-0.15, -0.1) is 11.3 Å². The smallest absolute Gasteiger partial charge is 0.374 e. The zero-order chi connectivity index (χ0) is 19.3. The highest BCUT2D eigenvalue weighted by molar-refractivity contribution is 7.16. The number of carbonyl (C=O) groups excluding carboxylic acids is 2. The topological polar surface area (TPSA) is 67.4 Å². The van der Waals surface area contributed by atoms with Crippen LogP contribution in [0.15, 0.2) is 36.4 Å². The van der Waals surface area contributed by atoms with Crippen LogP contribution in [-0.2, 0) is 20.5 Å². The Labute approximate surface area is 156 Å². The summed E-state index contributed by atoms with van der Waals surface area (Å²) >= 11 is 7.11. The summed E-state index contributed by atoms with van der Waals surface area (Å²) in [6.07, 6.45) is -5.05. The predicted octanol–water partition coefficient (Wildman–Crippen LogP) is 3.86. The zero-order valence-corrected chi connectivity index (χ0v) is 15.0. The minimum atomic E-state index is -4.54. The number of benzene rings is 1. The van der Waals surface area contributed by atoms with Crippen molar-refractivity contribution in [1.82, 2.24) is 5.32 Å². The number of anilines is 1. The lowest BCUT2D eigenvalue weighted by Gasteiger charge is -2.14. The quantitative estimate of drug-likeness (QED) is 0.741. The second-order valence-corrected chi connectivity index (χ2v) is 6.86. The first-order valence-electron chi connectivity index (χ1n) is 7.25. The zero-order valence-electron chi connectivity index (χ0n) is 13.4. The highest BCUT2D eigenvalue weighted by Crippen LogP contribution is 2.30. The molecule has 2 rings (SSSR count). The van der Waals surface area contributed by atoms with Crippen molar-refractivity contribution >= 4 is 40.4 Å². The van der Waals surface area contributed by atoms with E-state index in [1.807, 2.05) is 0 Å². The summed E-state index contributed by atoms with van der Waals surface area (Å²) in [5, 5.41) is 4.50. The molecule has 0 radical (unpaired) electrons. The van der Waals surface area contributed by atoms with Gasteiger partial charge in [-0.25, -0.2) is 0 Å². The Kier molecular flexibility index (Phi) is 6.63. The molecule has 0 aliphatic rings. The second kappa shape index (κ2) is 8.52. The Morgan fingerprint density at radius 2 is 1.96 bits per heavy atom. The number of carbonyl (C=O) groups is 2. The fourth-order valence-electron chi connectivity index (χ4n) is 2.03. The molecular formula is C16H14ClF3N2O3S. The van der Waals surface area contributed by atoms with E-state index in [4.69, 9.17) is 16.3 Å². The van der Waals surface area contributed by atoms with E-state index in [9.17, 15) is 22.8 Å². The molecule has 1 heterocycles. The molecule has 26 heavy (non-hydrogen) atoms. The summed E-state index contributed by atoms with van der Waals surface area (Å²) in [5.41, 5.74) is -1.06. The van der Waals surface area contributed by atoms with E-state index in [-0.39, 0.29) is 12.2 Å². The molecule has 5 nitrogen and oxygen atoms in total. The summed E-state index contributed by atoms with van der Waals surface area (Å²) in [6.45, 7) is 0.00217. The second-order valence-electron chi connectivity index (χ2n) is 5.11. The molecule has 1 aromatic carbocycles. The number of methoxy groups -OCH3 is 1. The van der Waals surface area contributed by atoms with Gasteiger partial charge in [0.2, 0.25) is 0 Å². The number of hydrogen-bond donors (Lipinski definition) is 2. The fourth-order valence-corrected chi connectivity index (χ4v) is 3.17. The molecule has 0 saturated carbocycles. The average Bonchev–Trinajstić information content (AvgIpc) is 3.01. The summed E-state index contributed by atoms with van der Waals surface area (Å²) in [6, 6.07) is 7.41. The van der Waals surface area contributed by atoms with Crippen molar-refractivity contribution in [3.63, 3.8) is 0 Å². The summed E-state index contributed by atoms with van der Waals surface area (Å²) < 4.78 is 43.8. The number of thiophene rings is 1. The van der Waals surface area contributed by atoms with Crippen molar-refractivity contribution < 1.29 is 27.5 Å². The van der Waals surface area contributed by atoms with Crippen LogP contribution in [0.3, 0.4) is 0 Å². The molecule has 0 aliphatic heterocycles. The lowest BCUT2D eigenvalue weighted by molar-refractivity contribution is -0.137. The van der Waals surface area contributed by atoms with Gasteiger partial charge in [-0.3, -0.25) is 9.59 Å². The van der Waals surface area contributed by atoms with Crippen molar-refractivity contribution in [2.45, 2.75) is 12.3 Å². The third-order valence-corrected chi connectivity index (χ3v) is 4.62. The van der Waals surface area contributed by atoms with Gasteiger partial charge in [-0.1, -0.05) is 17.7 Å². The van der Waals surface area contributed by atoms with Gasteiger partial charge in [-0.2, -0.15) is 13.2 Å². The van der Waals surface area contributed by atoms with Crippen LogP contribution in [0.2, 0.25) is 4.34 Å². The predicted molar refractivity (Wildman–Crippen MR) is 92.2 cm³/mol. The third-order valence-electron chi connectivity index (χ3n) is 3.30. The van der Waals surface area contributed by atoms with E-state index >= 15 is 0 Å². The minimum absolute atomic E-state index is 0.00217. The van der Waals surface area contributed by atoms with Crippen LogP contribution in [0.4, 0.5) is 18.9 Å². The van der Waals surface area contributed by atoms with Gasteiger partial charge >= 0.3 is 18.0 Å². The van der Waals surface area contributed by atoms with Crippen LogP contribution < -0.4 is 10.6 Å². The molecule has 2 amide bonds. The Morgan fingerprint density at radius 3 is 2.54 bits per heavy atom. The highest BCUT2D eigenvalue weighted by atomic mass is 35.5. The molecule has 0 aliphatic carbocycles. The molecule has 0 fully saturated rings. The first-order chi connectivity index (χ1) is 12.2. The number of halogens is 4. The first-order valence-corrected chi connectivity index (χ1v) is 8.44. The van der Waals surface area contributed by atoms with Gasteiger partial charge in [0.15, 0.2) is 0 Å². The molecule has 1 aromatic heterocycles. The van der Waals surface area contributed by atoms with E-state index in [2.05, 4.69) is 10.6 Å². The van der Waals surface area contributed by atoms with Crippen molar-refractivity contribution in [2.24, 2.45) is 0 Å². The van der Waals surface area contributed by atoms with Crippen LogP contribution in [0, 0.1) is 0 Å². The molecule has 1 atom stereocenters. The number of amides is 2. The molecule has 1 unspecified atom stereocenters. The number of hydrogen-bond acceptors (Lipinski definition) is 4. The molecule has 2 N–H and O–H groups in total. The van der Waals surface area contributed by atoms with E-state index < -0.39 is 29.7 Å². The van der Waals surface area contributed by atoms with Crippen LogP contribution in [0.5, 0.6) is 0 Å². The Hall–Kier alpha value is -2.10. The van der Waals surface area contributed by atoms with E-state index in [0.717, 1.165) is 23.1 Å². The largest absolute Gasteiger partial charge is 0.416 e. The van der Waals surface area contributed by atoms with Crippen LogP contribution in [0.1, 0.15) is 16.5 Å². The molecule has 0 bridgehead atoms. The van der Waals surface area contributed by atoms with Gasteiger partial charge in [0.1, 0.15) is 6.10 Å². The Bertz CT molecular complexity index is 795. The van der Waals surface area contributed by atoms with Crippen molar-refractivity contribution in [1.29, 1.82) is 0 Å². The molecule has 0 spiro atoms. The van der Waals surface area contributed by atoms with Crippen molar-refractivity contribution in [2.75, 3.05) is 19.0 Å². The average molecular weight is 407 g/mol. The molecular weight excluding hydrogens is 393 g/mol. The van der Waals surface area contributed by atoms with Gasteiger partial charge < -0.3 is 15.4 Å². The van der Waals surface area contributed by atoms with E-state index in [1.165, 1.54) is 24.5 Å². The summed E-state index contributed by atoms with van der Waals surface area (Å²) in [4.78, 5) is 24.5. The number of nitrogens with one attached hydrogen (secondary N) is 2. The SMILES string of the molecule is COC(CNC(=O)C(=O)Nc1cccc(C(F)(F)F)c1)c1ccc(Cl)s1. The molecule has 140 valence electrons. The van der Waals surface area contributed by atoms with Crippen LogP contribution in [0.25, 0.3) is 0 Å². The lowest BCUT2D eigenvalue weighted by Crippen LogP contribution is -2.37.